The first-order valence-electron chi connectivity index (χ1n) is 8.41. The first-order chi connectivity index (χ1) is 11.5. The molecule has 0 aliphatic heterocycles. The van der Waals surface area contributed by atoms with E-state index in [0.29, 0.717) is 0 Å². The van der Waals surface area contributed by atoms with Gasteiger partial charge in [0.25, 0.3) is 0 Å². The fourth-order valence-corrected chi connectivity index (χ4v) is 2.58. The van der Waals surface area contributed by atoms with Crippen LogP contribution in [0, 0.1) is 20.8 Å². The van der Waals surface area contributed by atoms with Crippen LogP contribution in [0.25, 0.3) is 11.4 Å². The molecule has 0 atom stereocenters. The van der Waals surface area contributed by atoms with E-state index in [4.69, 9.17) is 0 Å². The molecule has 0 spiro atoms. The molecule has 0 fully saturated rings. The number of allylic oxidation sites excluding steroid dienone is 2. The standard InChI is InChI=1S/C20H28N4/c1-15-9-6-7-10-19(15)16(2)13-20(22-12-8-11-21-5)24-18(4)17(3)14-23-24/h6-7,9-10,13-14,21-22H,2,8,11-12H2,1,3-5H3/b20-13-. The molecule has 1 aromatic heterocycles. The van der Waals surface area contributed by atoms with Gasteiger partial charge in [-0.3, -0.25) is 0 Å². The molecular weight excluding hydrogens is 296 g/mol. The molecule has 0 aliphatic carbocycles. The minimum absolute atomic E-state index is 0.881. The number of benzene rings is 1. The maximum Gasteiger partial charge on any atom is 0.128 e. The van der Waals surface area contributed by atoms with Gasteiger partial charge in [-0.15, -0.1) is 0 Å². The number of hydrogen-bond donors (Lipinski definition) is 2. The fraction of sp³-hybridized carbons (Fsp3) is 0.350. The zero-order chi connectivity index (χ0) is 17.5. The number of aromatic nitrogens is 2. The lowest BCUT2D eigenvalue weighted by Crippen LogP contribution is -2.23. The summed E-state index contributed by atoms with van der Waals surface area (Å²) in [6, 6.07) is 8.31. The highest BCUT2D eigenvalue weighted by molar-refractivity contribution is 5.79. The molecule has 0 amide bonds. The van der Waals surface area contributed by atoms with Crippen LogP contribution >= 0.6 is 0 Å². The predicted octanol–water partition coefficient (Wildman–Crippen LogP) is 3.52. The summed E-state index contributed by atoms with van der Waals surface area (Å²) in [5.41, 5.74) is 5.69. The number of nitrogens with zero attached hydrogens (tertiary/aromatic N) is 2. The number of aryl methyl sites for hydroxylation is 2. The van der Waals surface area contributed by atoms with Gasteiger partial charge in [0.1, 0.15) is 5.82 Å². The van der Waals surface area contributed by atoms with E-state index in [9.17, 15) is 0 Å². The van der Waals surface area contributed by atoms with Gasteiger partial charge in [0.15, 0.2) is 0 Å². The SMILES string of the molecule is C=C(/C=C(/NCCCNC)n1ncc(C)c1C)c1ccccc1C. The van der Waals surface area contributed by atoms with Crippen molar-refractivity contribution in [3.05, 3.63) is 65.5 Å². The Kier molecular flexibility index (Phi) is 6.38. The Morgan fingerprint density at radius 1 is 1.17 bits per heavy atom. The molecule has 128 valence electrons. The number of nitrogens with one attached hydrogen (secondary N) is 2. The van der Waals surface area contributed by atoms with Crippen molar-refractivity contribution < 1.29 is 0 Å². The molecule has 24 heavy (non-hydrogen) atoms. The molecular formula is C20H28N4. The molecule has 1 aromatic carbocycles. The molecule has 4 heteroatoms. The first kappa shape index (κ1) is 18.0. The van der Waals surface area contributed by atoms with E-state index in [1.807, 2.05) is 30.1 Å². The van der Waals surface area contributed by atoms with Crippen LogP contribution in [0.1, 0.15) is 28.8 Å². The summed E-state index contributed by atoms with van der Waals surface area (Å²) >= 11 is 0. The van der Waals surface area contributed by atoms with E-state index in [-0.39, 0.29) is 0 Å². The van der Waals surface area contributed by atoms with E-state index < -0.39 is 0 Å². The van der Waals surface area contributed by atoms with Gasteiger partial charge in [-0.25, -0.2) is 4.68 Å². The van der Waals surface area contributed by atoms with Crippen molar-refractivity contribution in [2.75, 3.05) is 20.1 Å². The van der Waals surface area contributed by atoms with Gasteiger partial charge in [-0.1, -0.05) is 30.8 Å². The van der Waals surface area contributed by atoms with Gasteiger partial charge in [0.2, 0.25) is 0 Å². The molecule has 0 bridgehead atoms. The Labute approximate surface area is 145 Å². The average molecular weight is 324 g/mol. The number of hydrogen-bond acceptors (Lipinski definition) is 3. The third kappa shape index (κ3) is 4.36. The largest absolute Gasteiger partial charge is 0.370 e. The lowest BCUT2D eigenvalue weighted by molar-refractivity contribution is 0.673. The van der Waals surface area contributed by atoms with Crippen LogP contribution in [0.15, 0.2) is 43.1 Å². The second-order valence-electron chi connectivity index (χ2n) is 6.08. The highest BCUT2D eigenvalue weighted by Gasteiger charge is 2.09. The zero-order valence-corrected chi connectivity index (χ0v) is 15.2. The highest BCUT2D eigenvalue weighted by Crippen LogP contribution is 2.21. The van der Waals surface area contributed by atoms with Crippen LogP contribution in [0.2, 0.25) is 0 Å². The van der Waals surface area contributed by atoms with Crippen molar-refractivity contribution in [2.45, 2.75) is 27.2 Å². The summed E-state index contributed by atoms with van der Waals surface area (Å²) in [6.45, 7) is 12.4. The third-order valence-corrected chi connectivity index (χ3v) is 4.20. The molecule has 0 radical (unpaired) electrons. The summed E-state index contributed by atoms with van der Waals surface area (Å²) in [5.74, 6) is 0.963. The van der Waals surface area contributed by atoms with Crippen LogP contribution in [0.3, 0.4) is 0 Å². The van der Waals surface area contributed by atoms with E-state index >= 15 is 0 Å². The monoisotopic (exact) mass is 324 g/mol. The van der Waals surface area contributed by atoms with Crippen molar-refractivity contribution in [3.8, 4) is 0 Å². The Bertz CT molecular complexity index is 725. The highest BCUT2D eigenvalue weighted by atomic mass is 15.3. The average Bonchev–Trinajstić information content (AvgIpc) is 2.90. The van der Waals surface area contributed by atoms with Crippen LogP contribution in [0.4, 0.5) is 0 Å². The molecule has 0 saturated carbocycles. The first-order valence-corrected chi connectivity index (χ1v) is 8.41. The van der Waals surface area contributed by atoms with Gasteiger partial charge in [0.05, 0.1) is 6.20 Å². The Morgan fingerprint density at radius 2 is 1.92 bits per heavy atom. The summed E-state index contributed by atoms with van der Waals surface area (Å²) in [6.07, 6.45) is 5.03. The molecule has 2 rings (SSSR count). The van der Waals surface area contributed by atoms with Gasteiger partial charge in [-0.2, -0.15) is 5.10 Å². The Hall–Kier alpha value is -2.33. The minimum Gasteiger partial charge on any atom is -0.370 e. The predicted molar refractivity (Wildman–Crippen MR) is 103 cm³/mol. The summed E-state index contributed by atoms with van der Waals surface area (Å²) < 4.78 is 1.96. The molecule has 0 aliphatic rings. The Balaban J connectivity index is 2.29. The topological polar surface area (TPSA) is 41.9 Å². The third-order valence-electron chi connectivity index (χ3n) is 4.20. The lowest BCUT2D eigenvalue weighted by Gasteiger charge is -2.15. The minimum atomic E-state index is 0.881. The smallest absolute Gasteiger partial charge is 0.128 e. The van der Waals surface area contributed by atoms with Gasteiger partial charge in [0, 0.05) is 12.2 Å². The fourth-order valence-electron chi connectivity index (χ4n) is 2.58. The maximum absolute atomic E-state index is 4.51. The number of rotatable bonds is 8. The normalized spacial score (nSPS) is 11.6. The Morgan fingerprint density at radius 3 is 2.54 bits per heavy atom. The summed E-state index contributed by atoms with van der Waals surface area (Å²) in [7, 11) is 1.97. The molecule has 1 heterocycles. The van der Waals surface area contributed by atoms with Crippen molar-refractivity contribution >= 4 is 11.4 Å². The van der Waals surface area contributed by atoms with Crippen molar-refractivity contribution in [1.29, 1.82) is 0 Å². The van der Waals surface area contributed by atoms with E-state index in [0.717, 1.165) is 42.2 Å². The van der Waals surface area contributed by atoms with Gasteiger partial charge < -0.3 is 10.6 Å². The maximum atomic E-state index is 4.51. The molecule has 0 unspecified atom stereocenters. The second-order valence-corrected chi connectivity index (χ2v) is 6.08. The van der Waals surface area contributed by atoms with E-state index in [1.54, 1.807) is 0 Å². The quantitative estimate of drug-likeness (QED) is 0.577. The van der Waals surface area contributed by atoms with Crippen molar-refractivity contribution in [2.24, 2.45) is 0 Å². The van der Waals surface area contributed by atoms with Crippen LogP contribution in [-0.4, -0.2) is 29.9 Å². The van der Waals surface area contributed by atoms with Crippen LogP contribution in [0.5, 0.6) is 0 Å². The second kappa shape index (κ2) is 8.50. The van der Waals surface area contributed by atoms with E-state index in [1.165, 1.54) is 11.1 Å². The summed E-state index contributed by atoms with van der Waals surface area (Å²) in [5, 5.41) is 11.2. The molecule has 4 nitrogen and oxygen atoms in total. The van der Waals surface area contributed by atoms with E-state index in [2.05, 4.69) is 61.3 Å². The van der Waals surface area contributed by atoms with Crippen molar-refractivity contribution in [3.63, 3.8) is 0 Å². The zero-order valence-electron chi connectivity index (χ0n) is 15.2. The summed E-state index contributed by atoms with van der Waals surface area (Å²) in [4.78, 5) is 0. The van der Waals surface area contributed by atoms with Gasteiger partial charge >= 0.3 is 0 Å². The van der Waals surface area contributed by atoms with Crippen molar-refractivity contribution in [1.82, 2.24) is 20.4 Å². The lowest BCUT2D eigenvalue weighted by atomic mass is 10.0. The van der Waals surface area contributed by atoms with Gasteiger partial charge in [-0.05, 0) is 69.1 Å². The van der Waals surface area contributed by atoms with Crippen LogP contribution < -0.4 is 10.6 Å². The molecule has 0 saturated heterocycles. The molecule has 2 N–H and O–H groups in total. The molecule has 2 aromatic rings. The van der Waals surface area contributed by atoms with Crippen LogP contribution in [-0.2, 0) is 0 Å².